The number of hydrogen-bond donors (Lipinski definition) is 2. The quantitative estimate of drug-likeness (QED) is 0.833. The summed E-state index contributed by atoms with van der Waals surface area (Å²) in [5, 5.41) is 7.23. The molecule has 1 aliphatic heterocycles. The fourth-order valence-corrected chi connectivity index (χ4v) is 3.54. The molecule has 0 bridgehead atoms. The molecule has 1 saturated heterocycles. The molecule has 1 aliphatic carbocycles. The molecule has 2 unspecified atom stereocenters. The largest absolute Gasteiger partial charge is 0.314 e. The third kappa shape index (κ3) is 3.08. The zero-order valence-corrected chi connectivity index (χ0v) is 13.1. The Morgan fingerprint density at radius 3 is 2.68 bits per heavy atom. The van der Waals surface area contributed by atoms with Crippen molar-refractivity contribution < 1.29 is 0 Å². The Morgan fingerprint density at radius 1 is 1.16 bits per heavy atom. The zero-order valence-electron chi connectivity index (χ0n) is 11.4. The Kier molecular flexibility index (Phi) is 6.13. The first-order chi connectivity index (χ1) is 8.31. The second-order valence-corrected chi connectivity index (χ2v) is 5.64. The standard InChI is InChI=1S/C15H22N2.2ClH/c1-15(14-11-16-9-10-17-14)8-4-6-12-5-2-3-7-13(12)15;;/h2-3,5,7,14,16-17H,4,6,8-11H2,1H3;2*1H. The number of hydrogen-bond acceptors (Lipinski definition) is 2. The van der Waals surface area contributed by atoms with Gasteiger partial charge in [0.05, 0.1) is 0 Å². The minimum absolute atomic E-state index is 0. The monoisotopic (exact) mass is 302 g/mol. The van der Waals surface area contributed by atoms with Crippen LogP contribution in [0.2, 0.25) is 0 Å². The van der Waals surface area contributed by atoms with Crippen LogP contribution in [0.4, 0.5) is 0 Å². The van der Waals surface area contributed by atoms with E-state index >= 15 is 0 Å². The van der Waals surface area contributed by atoms with Crippen LogP contribution in [0.15, 0.2) is 24.3 Å². The summed E-state index contributed by atoms with van der Waals surface area (Å²) in [6, 6.07) is 9.60. The van der Waals surface area contributed by atoms with Gasteiger partial charge in [-0.3, -0.25) is 0 Å². The fraction of sp³-hybridized carbons (Fsp3) is 0.600. The molecule has 1 fully saturated rings. The predicted octanol–water partition coefficient (Wildman–Crippen LogP) is 2.69. The van der Waals surface area contributed by atoms with Gasteiger partial charge >= 0.3 is 0 Å². The predicted molar refractivity (Wildman–Crippen MR) is 85.9 cm³/mol. The molecule has 0 saturated carbocycles. The molecular weight excluding hydrogens is 279 g/mol. The van der Waals surface area contributed by atoms with Crippen LogP contribution in [-0.2, 0) is 11.8 Å². The van der Waals surface area contributed by atoms with E-state index < -0.39 is 0 Å². The lowest BCUT2D eigenvalue weighted by Gasteiger charge is -2.44. The van der Waals surface area contributed by atoms with E-state index in [-0.39, 0.29) is 24.8 Å². The number of piperazine rings is 1. The maximum Gasteiger partial charge on any atom is 0.0287 e. The molecule has 0 spiro atoms. The summed E-state index contributed by atoms with van der Waals surface area (Å²) in [5.41, 5.74) is 3.45. The van der Waals surface area contributed by atoms with Crippen LogP contribution in [0.3, 0.4) is 0 Å². The lowest BCUT2D eigenvalue weighted by atomic mass is 9.66. The van der Waals surface area contributed by atoms with Crippen LogP contribution in [0.5, 0.6) is 0 Å². The number of aryl methyl sites for hydroxylation is 1. The second kappa shape index (κ2) is 6.94. The van der Waals surface area contributed by atoms with E-state index in [1.807, 2.05) is 0 Å². The van der Waals surface area contributed by atoms with Gasteiger partial charge in [0.2, 0.25) is 0 Å². The fourth-order valence-electron chi connectivity index (χ4n) is 3.54. The molecule has 0 radical (unpaired) electrons. The van der Waals surface area contributed by atoms with Gasteiger partial charge in [0, 0.05) is 31.1 Å². The van der Waals surface area contributed by atoms with Crippen molar-refractivity contribution >= 4 is 24.8 Å². The first-order valence-electron chi connectivity index (χ1n) is 6.83. The van der Waals surface area contributed by atoms with Crippen LogP contribution in [0, 0.1) is 0 Å². The second-order valence-electron chi connectivity index (χ2n) is 5.64. The van der Waals surface area contributed by atoms with Crippen molar-refractivity contribution in [2.75, 3.05) is 19.6 Å². The summed E-state index contributed by atoms with van der Waals surface area (Å²) >= 11 is 0. The lowest BCUT2D eigenvalue weighted by molar-refractivity contribution is 0.248. The normalized spacial score (nSPS) is 29.6. The highest BCUT2D eigenvalue weighted by atomic mass is 35.5. The molecule has 2 nitrogen and oxygen atoms in total. The van der Waals surface area contributed by atoms with E-state index in [1.54, 1.807) is 11.1 Å². The van der Waals surface area contributed by atoms with Crippen molar-refractivity contribution in [2.45, 2.75) is 37.6 Å². The molecule has 0 amide bonds. The van der Waals surface area contributed by atoms with Crippen molar-refractivity contribution in [2.24, 2.45) is 0 Å². The molecule has 1 aromatic carbocycles. The van der Waals surface area contributed by atoms with Gasteiger partial charge in [-0.25, -0.2) is 0 Å². The average molecular weight is 303 g/mol. The van der Waals surface area contributed by atoms with Crippen LogP contribution < -0.4 is 10.6 Å². The number of rotatable bonds is 1. The summed E-state index contributed by atoms with van der Waals surface area (Å²) in [7, 11) is 0. The molecule has 1 aromatic rings. The van der Waals surface area contributed by atoms with Crippen molar-refractivity contribution in [3.8, 4) is 0 Å². The van der Waals surface area contributed by atoms with E-state index in [2.05, 4.69) is 41.8 Å². The minimum Gasteiger partial charge on any atom is -0.314 e. The van der Waals surface area contributed by atoms with Gasteiger partial charge in [0.15, 0.2) is 0 Å². The Labute approximate surface area is 128 Å². The third-order valence-corrected chi connectivity index (χ3v) is 4.58. The van der Waals surface area contributed by atoms with Crippen LogP contribution in [0.25, 0.3) is 0 Å². The van der Waals surface area contributed by atoms with Crippen LogP contribution in [0.1, 0.15) is 30.9 Å². The van der Waals surface area contributed by atoms with Crippen molar-refractivity contribution in [1.29, 1.82) is 0 Å². The minimum atomic E-state index is 0. The number of fused-ring (bicyclic) bond motifs is 1. The summed E-state index contributed by atoms with van der Waals surface area (Å²) in [6.07, 6.45) is 3.89. The van der Waals surface area contributed by atoms with E-state index in [9.17, 15) is 0 Å². The average Bonchev–Trinajstić information content (AvgIpc) is 2.40. The van der Waals surface area contributed by atoms with Crippen molar-refractivity contribution in [3.63, 3.8) is 0 Å². The highest BCUT2D eigenvalue weighted by molar-refractivity contribution is 5.85. The Hall–Kier alpha value is -0.280. The summed E-state index contributed by atoms with van der Waals surface area (Å²) in [4.78, 5) is 0. The molecule has 3 rings (SSSR count). The van der Waals surface area contributed by atoms with E-state index in [1.165, 1.54) is 19.3 Å². The molecule has 0 aromatic heterocycles. The van der Waals surface area contributed by atoms with Crippen LogP contribution in [-0.4, -0.2) is 25.7 Å². The SMILES string of the molecule is CC1(C2CNCCN2)CCCc2ccccc21.Cl.Cl. The first-order valence-corrected chi connectivity index (χ1v) is 6.83. The van der Waals surface area contributed by atoms with Gasteiger partial charge in [-0.1, -0.05) is 31.2 Å². The molecule has 108 valence electrons. The first kappa shape index (κ1) is 16.8. The van der Waals surface area contributed by atoms with Crippen LogP contribution >= 0.6 is 24.8 Å². The molecule has 1 heterocycles. The Balaban J connectivity index is 0.000000902. The maximum absolute atomic E-state index is 3.71. The van der Waals surface area contributed by atoms with Gasteiger partial charge < -0.3 is 10.6 Å². The Morgan fingerprint density at radius 2 is 1.95 bits per heavy atom. The molecule has 2 aliphatic rings. The topological polar surface area (TPSA) is 24.1 Å². The number of benzene rings is 1. The highest BCUT2D eigenvalue weighted by Crippen LogP contribution is 2.39. The number of nitrogens with one attached hydrogen (secondary N) is 2. The third-order valence-electron chi connectivity index (χ3n) is 4.58. The smallest absolute Gasteiger partial charge is 0.0287 e. The van der Waals surface area contributed by atoms with Gasteiger partial charge in [0.25, 0.3) is 0 Å². The maximum atomic E-state index is 3.71. The molecular formula is C15H24Cl2N2. The molecule has 4 heteroatoms. The summed E-state index contributed by atoms with van der Waals surface area (Å²) in [5.74, 6) is 0. The van der Waals surface area contributed by atoms with E-state index in [0.717, 1.165) is 19.6 Å². The highest BCUT2D eigenvalue weighted by Gasteiger charge is 2.39. The molecule has 19 heavy (non-hydrogen) atoms. The molecule has 2 N–H and O–H groups in total. The molecule has 2 atom stereocenters. The zero-order chi connectivity index (χ0) is 11.7. The van der Waals surface area contributed by atoms with Crippen molar-refractivity contribution in [3.05, 3.63) is 35.4 Å². The number of halogens is 2. The van der Waals surface area contributed by atoms with E-state index in [0.29, 0.717) is 11.5 Å². The van der Waals surface area contributed by atoms with E-state index in [4.69, 9.17) is 0 Å². The Bertz CT molecular complexity index is 405. The van der Waals surface area contributed by atoms with Gasteiger partial charge in [-0.05, 0) is 30.4 Å². The summed E-state index contributed by atoms with van der Waals surface area (Å²) in [6.45, 7) is 5.75. The summed E-state index contributed by atoms with van der Waals surface area (Å²) < 4.78 is 0. The lowest BCUT2D eigenvalue weighted by Crippen LogP contribution is -2.58. The van der Waals surface area contributed by atoms with Gasteiger partial charge in [-0.2, -0.15) is 0 Å². The van der Waals surface area contributed by atoms with Gasteiger partial charge in [0.1, 0.15) is 0 Å². The van der Waals surface area contributed by atoms with Gasteiger partial charge in [-0.15, -0.1) is 24.8 Å². The van der Waals surface area contributed by atoms with Crippen molar-refractivity contribution in [1.82, 2.24) is 10.6 Å².